The minimum absolute atomic E-state index is 0.00255. The molecule has 0 bridgehead atoms. The Bertz CT molecular complexity index is 397. The van der Waals surface area contributed by atoms with Crippen LogP contribution in [0.4, 0.5) is 13.2 Å². The molecule has 0 aromatic carbocycles. The zero-order chi connectivity index (χ0) is 11.1. The number of Topliss-reactive ketones (excluding diaryl/α,β-unsaturated/α-hetero) is 1. The number of hydrogen-bond donors (Lipinski definition) is 0. The summed E-state index contributed by atoms with van der Waals surface area (Å²) in [4.78, 5) is 15.8. The highest BCUT2D eigenvalue weighted by Crippen LogP contribution is 2.30. The number of alkyl halides is 3. The second kappa shape index (κ2) is 3.59. The maximum absolute atomic E-state index is 12.1. The first-order valence-electron chi connectivity index (χ1n) is 4.54. The fourth-order valence-electron chi connectivity index (χ4n) is 1.56. The average molecular weight is 235 g/mol. The number of carbonyl (C=O) groups is 1. The zero-order valence-electron chi connectivity index (χ0n) is 7.73. The Hall–Kier alpha value is -0.910. The standard InChI is InChI=1S/C9H8F3NOS/c10-9(11,12)4-7-13-8-5(14)2-1-3-6(8)15-7/h1-4H2. The average Bonchev–Trinajstić information content (AvgIpc) is 2.45. The molecule has 2 nitrogen and oxygen atoms in total. The van der Waals surface area contributed by atoms with Crippen molar-refractivity contribution in [2.75, 3.05) is 0 Å². The summed E-state index contributed by atoms with van der Waals surface area (Å²) >= 11 is 1.01. The van der Waals surface area contributed by atoms with E-state index in [1.165, 1.54) is 0 Å². The SMILES string of the molecule is O=C1CCCc2sc(CC(F)(F)F)nc21. The molecule has 0 aliphatic heterocycles. The van der Waals surface area contributed by atoms with Crippen LogP contribution in [0.1, 0.15) is 33.2 Å². The molecule has 1 heterocycles. The molecule has 1 aliphatic carbocycles. The number of fused-ring (bicyclic) bond motifs is 1. The lowest BCUT2D eigenvalue weighted by Crippen LogP contribution is -2.12. The van der Waals surface area contributed by atoms with Gasteiger partial charge in [-0.25, -0.2) is 4.98 Å². The van der Waals surface area contributed by atoms with Gasteiger partial charge < -0.3 is 0 Å². The lowest BCUT2D eigenvalue weighted by atomic mass is 10.0. The summed E-state index contributed by atoms with van der Waals surface area (Å²) in [5.41, 5.74) is 0.269. The second-order valence-electron chi connectivity index (χ2n) is 3.45. The maximum atomic E-state index is 12.1. The van der Waals surface area contributed by atoms with Gasteiger partial charge in [-0.05, 0) is 12.8 Å². The van der Waals surface area contributed by atoms with Gasteiger partial charge >= 0.3 is 6.18 Å². The van der Waals surface area contributed by atoms with E-state index in [0.29, 0.717) is 17.7 Å². The molecule has 0 atom stereocenters. The number of rotatable bonds is 1. The van der Waals surface area contributed by atoms with E-state index < -0.39 is 12.6 Å². The lowest BCUT2D eigenvalue weighted by molar-refractivity contribution is -0.127. The molecule has 0 radical (unpaired) electrons. The molecule has 2 rings (SSSR count). The van der Waals surface area contributed by atoms with Crippen LogP contribution in [0, 0.1) is 0 Å². The molecule has 6 heteroatoms. The molecule has 0 fully saturated rings. The van der Waals surface area contributed by atoms with Gasteiger partial charge in [0.05, 0.1) is 6.42 Å². The fraction of sp³-hybridized carbons (Fsp3) is 0.556. The highest BCUT2D eigenvalue weighted by Gasteiger charge is 2.31. The van der Waals surface area contributed by atoms with Crippen molar-refractivity contribution in [1.29, 1.82) is 0 Å². The van der Waals surface area contributed by atoms with Gasteiger partial charge in [-0.2, -0.15) is 13.2 Å². The summed E-state index contributed by atoms with van der Waals surface area (Å²) in [6.07, 6.45) is -3.47. The van der Waals surface area contributed by atoms with Crippen molar-refractivity contribution in [3.8, 4) is 0 Å². The smallest absolute Gasteiger partial charge is 0.292 e. The molecule has 1 aromatic heterocycles. The number of hydrogen-bond acceptors (Lipinski definition) is 3. The van der Waals surface area contributed by atoms with Gasteiger partial charge in [0.2, 0.25) is 0 Å². The summed E-state index contributed by atoms with van der Waals surface area (Å²) in [6, 6.07) is 0. The Kier molecular flexibility index (Phi) is 2.54. The predicted octanol–water partition coefficient (Wildman–Crippen LogP) is 2.77. The number of aromatic nitrogens is 1. The predicted molar refractivity (Wildman–Crippen MR) is 49.1 cm³/mol. The molecule has 0 N–H and O–H groups in total. The molecule has 15 heavy (non-hydrogen) atoms. The van der Waals surface area contributed by atoms with Crippen molar-refractivity contribution in [3.05, 3.63) is 15.6 Å². The van der Waals surface area contributed by atoms with E-state index in [4.69, 9.17) is 0 Å². The van der Waals surface area contributed by atoms with Gasteiger partial charge in [-0.3, -0.25) is 4.79 Å². The molecule has 82 valence electrons. The van der Waals surface area contributed by atoms with Crippen LogP contribution in [0.5, 0.6) is 0 Å². The highest BCUT2D eigenvalue weighted by atomic mass is 32.1. The summed E-state index contributed by atoms with van der Waals surface area (Å²) in [5.74, 6) is -0.124. The molecule has 0 spiro atoms. The first kappa shape index (κ1) is 10.6. The number of thiazole rings is 1. The van der Waals surface area contributed by atoms with E-state index in [2.05, 4.69) is 4.98 Å². The number of nitrogens with zero attached hydrogens (tertiary/aromatic N) is 1. The third-order valence-electron chi connectivity index (χ3n) is 2.17. The first-order valence-corrected chi connectivity index (χ1v) is 5.36. The van der Waals surface area contributed by atoms with E-state index in [-0.39, 0.29) is 16.5 Å². The summed E-state index contributed by atoms with van der Waals surface area (Å²) < 4.78 is 36.3. The third kappa shape index (κ3) is 2.37. The van der Waals surface area contributed by atoms with Crippen molar-refractivity contribution < 1.29 is 18.0 Å². The summed E-state index contributed by atoms with van der Waals surface area (Å²) in [6.45, 7) is 0. The van der Waals surface area contributed by atoms with Gasteiger partial charge in [0.25, 0.3) is 0 Å². The van der Waals surface area contributed by atoms with Gasteiger partial charge in [0.15, 0.2) is 5.78 Å². The Balaban J connectivity index is 2.26. The monoisotopic (exact) mass is 235 g/mol. The Morgan fingerprint density at radius 3 is 2.67 bits per heavy atom. The normalized spacial score (nSPS) is 16.6. The zero-order valence-corrected chi connectivity index (χ0v) is 8.54. The molecular weight excluding hydrogens is 227 g/mol. The second-order valence-corrected chi connectivity index (χ2v) is 4.62. The topological polar surface area (TPSA) is 30.0 Å². The maximum Gasteiger partial charge on any atom is 0.395 e. The molecule has 0 saturated heterocycles. The van der Waals surface area contributed by atoms with Gasteiger partial charge in [-0.1, -0.05) is 0 Å². The van der Waals surface area contributed by atoms with Crippen LogP contribution < -0.4 is 0 Å². The van der Waals surface area contributed by atoms with Crippen molar-refractivity contribution in [2.24, 2.45) is 0 Å². The first-order chi connectivity index (χ1) is 6.96. The van der Waals surface area contributed by atoms with Crippen LogP contribution in [0.2, 0.25) is 0 Å². The van der Waals surface area contributed by atoms with Crippen LogP contribution in [-0.4, -0.2) is 16.9 Å². The van der Waals surface area contributed by atoms with Crippen LogP contribution >= 0.6 is 11.3 Å². The molecule has 1 aliphatic rings. The van der Waals surface area contributed by atoms with E-state index in [1.807, 2.05) is 0 Å². The lowest BCUT2D eigenvalue weighted by Gasteiger charge is -2.06. The fourth-order valence-corrected chi connectivity index (χ4v) is 2.72. The minimum Gasteiger partial charge on any atom is -0.292 e. The number of aryl methyl sites for hydroxylation is 1. The third-order valence-corrected chi connectivity index (χ3v) is 3.28. The number of ketones is 1. The van der Waals surface area contributed by atoms with Crippen molar-refractivity contribution >= 4 is 17.1 Å². The minimum atomic E-state index is -4.25. The van der Waals surface area contributed by atoms with E-state index in [1.54, 1.807) is 0 Å². The largest absolute Gasteiger partial charge is 0.395 e. The van der Waals surface area contributed by atoms with E-state index in [0.717, 1.165) is 17.8 Å². The van der Waals surface area contributed by atoms with Crippen molar-refractivity contribution in [3.63, 3.8) is 0 Å². The van der Waals surface area contributed by atoms with Crippen LogP contribution in [0.3, 0.4) is 0 Å². The Labute approximate surface area is 88.1 Å². The van der Waals surface area contributed by atoms with E-state index >= 15 is 0 Å². The number of carbonyl (C=O) groups excluding carboxylic acids is 1. The van der Waals surface area contributed by atoms with Crippen LogP contribution in [0.15, 0.2) is 0 Å². The summed E-state index contributed by atoms with van der Waals surface area (Å²) in [5, 5.41) is 0.00255. The highest BCUT2D eigenvalue weighted by molar-refractivity contribution is 7.12. The summed E-state index contributed by atoms with van der Waals surface area (Å²) in [7, 11) is 0. The molecule has 0 unspecified atom stereocenters. The van der Waals surface area contributed by atoms with Gasteiger partial charge in [-0.15, -0.1) is 11.3 Å². The van der Waals surface area contributed by atoms with Gasteiger partial charge in [0, 0.05) is 11.3 Å². The van der Waals surface area contributed by atoms with Crippen molar-refractivity contribution in [2.45, 2.75) is 31.9 Å². The van der Waals surface area contributed by atoms with Crippen molar-refractivity contribution in [1.82, 2.24) is 4.98 Å². The Morgan fingerprint density at radius 2 is 2.07 bits per heavy atom. The van der Waals surface area contributed by atoms with Crippen LogP contribution in [0.25, 0.3) is 0 Å². The molecular formula is C9H8F3NOS. The number of halogens is 3. The quantitative estimate of drug-likeness (QED) is 0.749. The molecule has 1 aromatic rings. The van der Waals surface area contributed by atoms with E-state index in [9.17, 15) is 18.0 Å². The molecule has 0 saturated carbocycles. The Morgan fingerprint density at radius 1 is 1.33 bits per heavy atom. The van der Waals surface area contributed by atoms with Gasteiger partial charge in [0.1, 0.15) is 10.7 Å². The van der Waals surface area contributed by atoms with Crippen LogP contribution in [-0.2, 0) is 12.8 Å². The molecule has 0 amide bonds.